The van der Waals surface area contributed by atoms with Crippen molar-refractivity contribution in [1.82, 2.24) is 14.9 Å². The molecule has 1 atom stereocenters. The highest BCUT2D eigenvalue weighted by molar-refractivity contribution is 5.75. The molecule has 0 aliphatic carbocycles. The Kier molecular flexibility index (Phi) is 3.65. The van der Waals surface area contributed by atoms with Gasteiger partial charge < -0.3 is 10.5 Å². The van der Waals surface area contributed by atoms with E-state index in [2.05, 4.69) is 9.97 Å². The second-order valence-electron chi connectivity index (χ2n) is 4.09. The van der Waals surface area contributed by atoms with Crippen LogP contribution in [0.3, 0.4) is 0 Å². The Hall–Kier alpha value is -1.53. The van der Waals surface area contributed by atoms with Gasteiger partial charge in [0.2, 0.25) is 5.91 Å². The first-order valence-electron chi connectivity index (χ1n) is 5.57. The van der Waals surface area contributed by atoms with Crippen LogP contribution in [0.2, 0.25) is 0 Å². The third-order valence-corrected chi connectivity index (χ3v) is 2.66. The normalized spacial score (nSPS) is 21.4. The van der Waals surface area contributed by atoms with Crippen molar-refractivity contribution in [3.63, 3.8) is 0 Å². The monoisotopic (exact) mass is 236 g/mol. The molecule has 6 heteroatoms. The van der Waals surface area contributed by atoms with Crippen LogP contribution >= 0.6 is 0 Å². The molecule has 1 aromatic rings. The first-order chi connectivity index (χ1) is 8.15. The summed E-state index contributed by atoms with van der Waals surface area (Å²) in [6.07, 6.45) is 1.61. The van der Waals surface area contributed by atoms with Gasteiger partial charge in [0.05, 0.1) is 18.8 Å². The lowest BCUT2D eigenvalue weighted by atomic mass is 10.2. The molecule has 17 heavy (non-hydrogen) atoms. The average Bonchev–Trinajstić information content (AvgIpc) is 2.28. The molecule has 2 rings (SSSR count). The Morgan fingerprint density at radius 1 is 1.71 bits per heavy atom. The highest BCUT2D eigenvalue weighted by atomic mass is 16.5. The Labute approximate surface area is 99.8 Å². The zero-order valence-electron chi connectivity index (χ0n) is 9.80. The van der Waals surface area contributed by atoms with Crippen LogP contribution in [0.1, 0.15) is 17.6 Å². The van der Waals surface area contributed by atoms with Crippen molar-refractivity contribution in [2.45, 2.75) is 13.0 Å². The first-order valence-corrected chi connectivity index (χ1v) is 5.57. The van der Waals surface area contributed by atoms with Gasteiger partial charge in [-0.05, 0) is 13.0 Å². The van der Waals surface area contributed by atoms with Gasteiger partial charge in [0.25, 0.3) is 0 Å². The molecule has 1 aliphatic heterocycles. The van der Waals surface area contributed by atoms with Gasteiger partial charge in [-0.2, -0.15) is 0 Å². The Balaban J connectivity index is 2.04. The number of aromatic nitrogens is 2. The van der Waals surface area contributed by atoms with Crippen molar-refractivity contribution in [2.24, 2.45) is 5.73 Å². The Morgan fingerprint density at radius 3 is 3.24 bits per heavy atom. The van der Waals surface area contributed by atoms with Gasteiger partial charge in [-0.25, -0.2) is 9.97 Å². The van der Waals surface area contributed by atoms with Crippen molar-refractivity contribution in [3.8, 4) is 0 Å². The summed E-state index contributed by atoms with van der Waals surface area (Å²) in [4.78, 5) is 21.2. The van der Waals surface area contributed by atoms with Gasteiger partial charge >= 0.3 is 0 Å². The fourth-order valence-corrected chi connectivity index (χ4v) is 1.90. The number of carbonyl (C=O) groups excluding carboxylic acids is 1. The van der Waals surface area contributed by atoms with Gasteiger partial charge in [0.15, 0.2) is 0 Å². The number of carbonyl (C=O) groups is 1. The molecule has 1 aliphatic rings. The number of ether oxygens (including phenoxy) is 1. The van der Waals surface area contributed by atoms with Crippen LogP contribution in [0.15, 0.2) is 12.3 Å². The maximum absolute atomic E-state index is 10.9. The number of nitrogens with zero attached hydrogens (tertiary/aromatic N) is 3. The smallest absolute Gasteiger partial charge is 0.231 e. The van der Waals surface area contributed by atoms with E-state index in [0.29, 0.717) is 13.2 Å². The van der Waals surface area contributed by atoms with Gasteiger partial charge in [-0.15, -0.1) is 0 Å². The molecular weight excluding hydrogens is 220 g/mol. The molecule has 0 radical (unpaired) electrons. The molecule has 2 N–H and O–H groups in total. The molecule has 2 heterocycles. The van der Waals surface area contributed by atoms with Gasteiger partial charge in [-0.3, -0.25) is 9.69 Å². The lowest BCUT2D eigenvalue weighted by Crippen LogP contribution is -2.43. The molecule has 0 bridgehead atoms. The van der Waals surface area contributed by atoms with E-state index in [1.54, 1.807) is 6.20 Å². The van der Waals surface area contributed by atoms with Gasteiger partial charge in [0, 0.05) is 19.3 Å². The van der Waals surface area contributed by atoms with E-state index in [1.807, 2.05) is 17.9 Å². The minimum Gasteiger partial charge on any atom is -0.369 e. The molecule has 1 fully saturated rings. The van der Waals surface area contributed by atoms with Crippen LogP contribution in [0, 0.1) is 6.92 Å². The summed E-state index contributed by atoms with van der Waals surface area (Å²) in [6, 6.07) is 1.84. The number of rotatable bonds is 3. The summed E-state index contributed by atoms with van der Waals surface area (Å²) in [5.41, 5.74) is 6.04. The summed E-state index contributed by atoms with van der Waals surface area (Å²) in [5, 5.41) is 0. The third-order valence-electron chi connectivity index (χ3n) is 2.66. The van der Waals surface area contributed by atoms with Gasteiger partial charge in [0.1, 0.15) is 11.9 Å². The van der Waals surface area contributed by atoms with Crippen LogP contribution in [0.5, 0.6) is 0 Å². The number of morpholine rings is 1. The Morgan fingerprint density at radius 2 is 2.53 bits per heavy atom. The molecule has 0 spiro atoms. The quantitative estimate of drug-likeness (QED) is 0.775. The zero-order valence-corrected chi connectivity index (χ0v) is 9.80. The number of primary amides is 1. The predicted octanol–water partition coefficient (Wildman–Crippen LogP) is -0.356. The zero-order chi connectivity index (χ0) is 12.3. The van der Waals surface area contributed by atoms with Crippen molar-refractivity contribution in [3.05, 3.63) is 23.8 Å². The summed E-state index contributed by atoms with van der Waals surface area (Å²) < 4.78 is 5.65. The van der Waals surface area contributed by atoms with Gasteiger partial charge in [-0.1, -0.05) is 0 Å². The second-order valence-corrected chi connectivity index (χ2v) is 4.09. The maximum Gasteiger partial charge on any atom is 0.231 e. The molecule has 6 nitrogen and oxygen atoms in total. The summed E-state index contributed by atoms with van der Waals surface area (Å²) in [7, 11) is 0. The molecule has 0 saturated carbocycles. The average molecular weight is 236 g/mol. The largest absolute Gasteiger partial charge is 0.369 e. The lowest BCUT2D eigenvalue weighted by molar-refractivity contribution is -0.121. The standard InChI is InChI=1S/C11H16N4O2/c1-8-13-3-2-9(14-8)10-6-15(4-5-17-10)7-11(12)16/h2-3,10H,4-7H2,1H3,(H2,12,16). The van der Waals surface area contributed by atoms with Crippen molar-refractivity contribution >= 4 is 5.91 Å². The molecule has 1 saturated heterocycles. The molecule has 1 unspecified atom stereocenters. The number of hydrogen-bond donors (Lipinski definition) is 1. The van der Waals surface area contributed by atoms with E-state index in [9.17, 15) is 4.79 Å². The Bertz CT molecular complexity index is 410. The van der Waals surface area contributed by atoms with Crippen molar-refractivity contribution in [1.29, 1.82) is 0 Å². The van der Waals surface area contributed by atoms with Crippen molar-refractivity contribution < 1.29 is 9.53 Å². The first kappa shape index (κ1) is 11.9. The SMILES string of the molecule is Cc1nccc(C2CN(CC(N)=O)CCO2)n1. The molecule has 1 amide bonds. The van der Waals surface area contributed by atoms with Crippen LogP contribution < -0.4 is 5.73 Å². The summed E-state index contributed by atoms with van der Waals surface area (Å²) in [6.45, 7) is 4.06. The van der Waals surface area contributed by atoms with E-state index in [1.165, 1.54) is 0 Å². The highest BCUT2D eigenvalue weighted by Crippen LogP contribution is 2.19. The topological polar surface area (TPSA) is 81.3 Å². The maximum atomic E-state index is 10.9. The minimum atomic E-state index is -0.315. The molecule has 92 valence electrons. The molecule has 0 aromatic carbocycles. The summed E-state index contributed by atoms with van der Waals surface area (Å²) in [5.74, 6) is 0.405. The van der Waals surface area contributed by atoms with Crippen LogP contribution in [-0.4, -0.2) is 47.0 Å². The van der Waals surface area contributed by atoms with E-state index in [-0.39, 0.29) is 18.6 Å². The number of hydrogen-bond acceptors (Lipinski definition) is 5. The highest BCUT2D eigenvalue weighted by Gasteiger charge is 2.23. The van der Waals surface area contributed by atoms with E-state index in [0.717, 1.165) is 18.1 Å². The number of amides is 1. The molecule has 1 aromatic heterocycles. The molecular formula is C11H16N4O2. The summed E-state index contributed by atoms with van der Waals surface area (Å²) >= 11 is 0. The van der Waals surface area contributed by atoms with Crippen LogP contribution in [0.4, 0.5) is 0 Å². The third kappa shape index (κ3) is 3.21. The minimum absolute atomic E-state index is 0.107. The number of nitrogens with two attached hydrogens (primary N) is 1. The predicted molar refractivity (Wildman–Crippen MR) is 61.1 cm³/mol. The fraction of sp³-hybridized carbons (Fsp3) is 0.545. The van der Waals surface area contributed by atoms with E-state index in [4.69, 9.17) is 10.5 Å². The van der Waals surface area contributed by atoms with E-state index < -0.39 is 0 Å². The lowest BCUT2D eigenvalue weighted by Gasteiger charge is -2.31. The second kappa shape index (κ2) is 5.20. The van der Waals surface area contributed by atoms with E-state index >= 15 is 0 Å². The fourth-order valence-electron chi connectivity index (χ4n) is 1.90. The number of aryl methyl sites for hydroxylation is 1. The van der Waals surface area contributed by atoms with Crippen molar-refractivity contribution in [2.75, 3.05) is 26.2 Å². The van der Waals surface area contributed by atoms with Crippen LogP contribution in [-0.2, 0) is 9.53 Å². The van der Waals surface area contributed by atoms with Crippen LogP contribution in [0.25, 0.3) is 0 Å².